The molecule has 0 aliphatic heterocycles. The molecule has 242 valence electrons. The van der Waals surface area contributed by atoms with Crippen molar-refractivity contribution in [1.29, 1.82) is 0 Å². The van der Waals surface area contributed by atoms with Gasteiger partial charge >= 0.3 is 0 Å². The fraction of sp³-hybridized carbons (Fsp3) is 0.0612. The number of thiophene rings is 1. The van der Waals surface area contributed by atoms with Crippen molar-refractivity contribution in [2.75, 3.05) is 4.90 Å². The largest absolute Gasteiger partial charge is 0.310 e. The quantitative estimate of drug-likeness (QED) is 0.176. The molecule has 0 saturated heterocycles. The van der Waals surface area contributed by atoms with Gasteiger partial charge in [0.2, 0.25) is 0 Å². The molecule has 1 heterocycles. The Morgan fingerprint density at radius 3 is 1.80 bits per heavy atom. The van der Waals surface area contributed by atoms with Crippen molar-refractivity contribution in [2.24, 2.45) is 0 Å². The average Bonchev–Trinajstić information content (AvgIpc) is 3.68. The fourth-order valence-electron chi connectivity index (χ4n) is 8.34. The highest BCUT2D eigenvalue weighted by molar-refractivity contribution is 7.26. The number of anilines is 3. The highest BCUT2D eigenvalue weighted by Crippen LogP contribution is 2.55. The molecule has 1 aliphatic carbocycles. The van der Waals surface area contributed by atoms with E-state index in [-0.39, 0.29) is 5.41 Å². The van der Waals surface area contributed by atoms with Crippen molar-refractivity contribution in [3.05, 3.63) is 187 Å². The Kier molecular flexibility index (Phi) is 6.78. The van der Waals surface area contributed by atoms with Gasteiger partial charge in [0, 0.05) is 47.9 Å². The van der Waals surface area contributed by atoms with Gasteiger partial charge in [-0.25, -0.2) is 0 Å². The van der Waals surface area contributed by atoms with E-state index in [9.17, 15) is 0 Å². The van der Waals surface area contributed by atoms with E-state index in [0.717, 1.165) is 17.1 Å². The Morgan fingerprint density at radius 2 is 1.04 bits per heavy atom. The summed E-state index contributed by atoms with van der Waals surface area (Å²) in [5.41, 5.74) is 13.7. The number of rotatable bonds is 5. The predicted octanol–water partition coefficient (Wildman–Crippen LogP) is 14.3. The molecule has 0 fully saturated rings. The number of fused-ring (bicyclic) bond motifs is 8. The molecule has 51 heavy (non-hydrogen) atoms. The van der Waals surface area contributed by atoms with Gasteiger partial charge in [0.15, 0.2) is 0 Å². The van der Waals surface area contributed by atoms with Crippen LogP contribution in [0.25, 0.3) is 64.3 Å². The normalized spacial score (nSPS) is 13.1. The maximum Gasteiger partial charge on any atom is 0.0540 e. The van der Waals surface area contributed by atoms with Crippen LogP contribution in [0.3, 0.4) is 0 Å². The lowest BCUT2D eigenvalue weighted by Gasteiger charge is -2.29. The zero-order chi connectivity index (χ0) is 34.1. The molecular formula is C49H35NS. The lowest BCUT2D eigenvalue weighted by Crippen LogP contribution is -2.16. The van der Waals surface area contributed by atoms with Gasteiger partial charge in [0.1, 0.15) is 0 Å². The molecule has 0 unspecified atom stereocenters. The molecule has 8 aromatic carbocycles. The molecule has 0 bridgehead atoms. The van der Waals surface area contributed by atoms with E-state index in [1.807, 2.05) is 11.3 Å². The third-order valence-corrected chi connectivity index (χ3v) is 12.1. The van der Waals surface area contributed by atoms with Crippen molar-refractivity contribution < 1.29 is 0 Å². The molecule has 10 rings (SSSR count). The lowest BCUT2D eigenvalue weighted by atomic mass is 9.82. The highest BCUT2D eigenvalue weighted by atomic mass is 32.1. The van der Waals surface area contributed by atoms with Gasteiger partial charge in [-0.05, 0) is 80.7 Å². The lowest BCUT2D eigenvalue weighted by molar-refractivity contribution is 0.661. The Labute approximate surface area is 302 Å². The molecule has 1 nitrogen and oxygen atoms in total. The number of benzene rings is 8. The standard InChI is InChI=1S/C49H35NS/c1-49(2)43-29-27-41-40-19-11-12-20-46(40)51-48(41)47(43)42-26-25-36(31-44(42)49)50(35-23-21-33(22-24-35)32-13-5-3-6-14-32)45-30-28-37(34-15-7-4-8-16-34)38-17-9-10-18-39(38)45/h3-31H,1-2H3. The van der Waals surface area contributed by atoms with Crippen LogP contribution < -0.4 is 4.90 Å². The van der Waals surface area contributed by atoms with Crippen molar-refractivity contribution in [3.8, 4) is 33.4 Å². The van der Waals surface area contributed by atoms with E-state index in [2.05, 4.69) is 195 Å². The summed E-state index contributed by atoms with van der Waals surface area (Å²) in [6, 6.07) is 64.6. The summed E-state index contributed by atoms with van der Waals surface area (Å²) in [6.45, 7) is 4.79. The van der Waals surface area contributed by atoms with Crippen molar-refractivity contribution in [3.63, 3.8) is 0 Å². The highest BCUT2D eigenvalue weighted by Gasteiger charge is 2.38. The number of hydrogen-bond acceptors (Lipinski definition) is 2. The minimum absolute atomic E-state index is 0.146. The van der Waals surface area contributed by atoms with E-state index in [1.54, 1.807) is 0 Å². The molecular weight excluding hydrogens is 635 g/mol. The molecule has 1 aliphatic rings. The predicted molar refractivity (Wildman–Crippen MR) is 220 cm³/mol. The first-order valence-corrected chi connectivity index (χ1v) is 18.5. The van der Waals surface area contributed by atoms with Gasteiger partial charge in [-0.1, -0.05) is 153 Å². The van der Waals surface area contributed by atoms with E-state index in [0.29, 0.717) is 0 Å². The first kappa shape index (κ1) is 29.9. The zero-order valence-corrected chi connectivity index (χ0v) is 29.4. The Bertz CT molecular complexity index is 2760. The second-order valence-electron chi connectivity index (χ2n) is 14.1. The Balaban J connectivity index is 1.18. The van der Waals surface area contributed by atoms with Crippen molar-refractivity contribution >= 4 is 59.3 Å². The van der Waals surface area contributed by atoms with E-state index >= 15 is 0 Å². The van der Waals surface area contributed by atoms with Crippen molar-refractivity contribution in [2.45, 2.75) is 19.3 Å². The molecule has 0 N–H and O–H groups in total. The van der Waals surface area contributed by atoms with Crippen LogP contribution in [0.2, 0.25) is 0 Å². The molecule has 1 aromatic heterocycles. The SMILES string of the molecule is CC1(C)c2cc(N(c3ccc(-c4ccccc4)cc3)c3ccc(-c4ccccc4)c4ccccc34)ccc2-c2c1ccc1c2sc2ccccc21. The van der Waals surface area contributed by atoms with Crippen LogP contribution in [0.5, 0.6) is 0 Å². The third-order valence-electron chi connectivity index (χ3n) is 10.9. The monoisotopic (exact) mass is 669 g/mol. The van der Waals surface area contributed by atoms with Crippen molar-refractivity contribution in [1.82, 2.24) is 0 Å². The Morgan fingerprint density at radius 1 is 0.431 bits per heavy atom. The van der Waals surface area contributed by atoms with Gasteiger partial charge in [-0.3, -0.25) is 0 Å². The number of nitrogens with zero attached hydrogens (tertiary/aromatic N) is 1. The second-order valence-corrected chi connectivity index (χ2v) is 15.2. The fourth-order valence-corrected chi connectivity index (χ4v) is 9.60. The molecule has 0 saturated carbocycles. The topological polar surface area (TPSA) is 3.24 Å². The van der Waals surface area contributed by atoms with Crippen LogP contribution in [-0.2, 0) is 5.41 Å². The van der Waals surface area contributed by atoms with Gasteiger partial charge in [0.25, 0.3) is 0 Å². The summed E-state index contributed by atoms with van der Waals surface area (Å²) in [7, 11) is 0. The maximum atomic E-state index is 2.46. The first-order chi connectivity index (χ1) is 25.1. The summed E-state index contributed by atoms with van der Waals surface area (Å²) >= 11 is 1.93. The van der Waals surface area contributed by atoms with Gasteiger partial charge in [-0.2, -0.15) is 0 Å². The molecule has 0 atom stereocenters. The van der Waals surface area contributed by atoms with Crippen LogP contribution in [0.1, 0.15) is 25.0 Å². The maximum absolute atomic E-state index is 2.46. The van der Waals surface area contributed by atoms with Gasteiger partial charge < -0.3 is 4.90 Å². The summed E-state index contributed by atoms with van der Waals surface area (Å²) < 4.78 is 2.74. The number of hydrogen-bond donors (Lipinski definition) is 0. The zero-order valence-electron chi connectivity index (χ0n) is 28.6. The van der Waals surface area contributed by atoms with Crippen LogP contribution >= 0.6 is 11.3 Å². The average molecular weight is 670 g/mol. The summed E-state index contributed by atoms with van der Waals surface area (Å²) in [5.74, 6) is 0. The van der Waals surface area contributed by atoms with E-state index in [1.165, 1.54) is 75.5 Å². The van der Waals surface area contributed by atoms with Gasteiger partial charge in [0.05, 0.1) is 5.69 Å². The van der Waals surface area contributed by atoms with Crippen LogP contribution in [0.4, 0.5) is 17.1 Å². The molecule has 0 spiro atoms. The second kappa shape index (κ2) is 11.6. The molecule has 9 aromatic rings. The summed E-state index contributed by atoms with van der Waals surface area (Å²) in [6.07, 6.45) is 0. The molecule has 2 heteroatoms. The third kappa shape index (κ3) is 4.67. The molecule has 0 radical (unpaired) electrons. The van der Waals surface area contributed by atoms with Gasteiger partial charge in [-0.15, -0.1) is 11.3 Å². The molecule has 0 amide bonds. The summed E-state index contributed by atoms with van der Waals surface area (Å²) in [4.78, 5) is 2.46. The van der Waals surface area contributed by atoms with E-state index in [4.69, 9.17) is 0 Å². The van der Waals surface area contributed by atoms with E-state index < -0.39 is 0 Å². The first-order valence-electron chi connectivity index (χ1n) is 17.7. The minimum atomic E-state index is -0.146. The Hall–Kier alpha value is -5.96. The minimum Gasteiger partial charge on any atom is -0.310 e. The van der Waals surface area contributed by atoms with Crippen LogP contribution in [0.15, 0.2) is 176 Å². The van der Waals surface area contributed by atoms with Crippen LogP contribution in [0, 0.1) is 0 Å². The smallest absolute Gasteiger partial charge is 0.0540 e. The van der Waals surface area contributed by atoms with Crippen LogP contribution in [-0.4, -0.2) is 0 Å². The summed E-state index contributed by atoms with van der Waals surface area (Å²) in [5, 5.41) is 5.17.